The average Bonchev–Trinajstić information content (AvgIpc) is 2.53. The molecule has 0 bridgehead atoms. The Kier molecular flexibility index (Phi) is 11.1. The first-order valence-electron chi connectivity index (χ1n) is 7.52. The van der Waals surface area contributed by atoms with Crippen molar-refractivity contribution in [2.45, 2.75) is 19.3 Å². The van der Waals surface area contributed by atoms with Gasteiger partial charge in [-0.2, -0.15) is 0 Å². The summed E-state index contributed by atoms with van der Waals surface area (Å²) in [6.07, 6.45) is 3.09. The molecule has 126 valence electrons. The van der Waals surface area contributed by atoms with Crippen molar-refractivity contribution in [2.75, 3.05) is 38.1 Å². The summed E-state index contributed by atoms with van der Waals surface area (Å²) in [6.45, 7) is 3.58. The first-order valence-corrected chi connectivity index (χ1v) is 7.52. The van der Waals surface area contributed by atoms with Crippen LogP contribution in [0.3, 0.4) is 0 Å². The monoisotopic (exact) mass is 347 g/mol. The van der Waals surface area contributed by atoms with Crippen LogP contribution in [0.4, 0.5) is 5.69 Å². The van der Waals surface area contributed by atoms with Crippen molar-refractivity contribution in [3.8, 4) is 0 Å². The number of para-hydroxylation sites is 1. The van der Waals surface area contributed by atoms with Gasteiger partial charge in [0.25, 0.3) is 0 Å². The lowest BCUT2D eigenvalue weighted by molar-refractivity contribution is -0.125. The maximum absolute atomic E-state index is 11.9. The molecule has 0 aliphatic carbocycles. The molecule has 0 saturated carbocycles. The standard InChI is InChI=1S/C16H25N3O.2ClH/c1-19(15-8-3-2-4-9-15)12-6-11-18-16(20)14-7-5-10-17-13-14;;/h2-4,8-9,14,17H,5-7,10-13H2,1H3,(H,18,20);2*1H. The molecule has 0 aromatic heterocycles. The predicted octanol–water partition coefficient (Wildman–Crippen LogP) is 2.47. The molecule has 1 saturated heterocycles. The van der Waals surface area contributed by atoms with Gasteiger partial charge >= 0.3 is 0 Å². The second-order valence-electron chi connectivity index (χ2n) is 5.44. The number of rotatable bonds is 6. The van der Waals surface area contributed by atoms with E-state index in [1.54, 1.807) is 0 Å². The van der Waals surface area contributed by atoms with E-state index in [4.69, 9.17) is 0 Å². The van der Waals surface area contributed by atoms with Crippen LogP contribution >= 0.6 is 24.8 Å². The highest BCUT2D eigenvalue weighted by atomic mass is 35.5. The van der Waals surface area contributed by atoms with E-state index in [0.717, 1.165) is 45.4 Å². The molecule has 1 aliphatic rings. The van der Waals surface area contributed by atoms with Gasteiger partial charge in [0.1, 0.15) is 0 Å². The van der Waals surface area contributed by atoms with Crippen LogP contribution in [-0.2, 0) is 4.79 Å². The highest BCUT2D eigenvalue weighted by Crippen LogP contribution is 2.11. The topological polar surface area (TPSA) is 44.4 Å². The van der Waals surface area contributed by atoms with Crippen molar-refractivity contribution in [3.63, 3.8) is 0 Å². The molecule has 1 unspecified atom stereocenters. The van der Waals surface area contributed by atoms with E-state index in [2.05, 4.69) is 34.7 Å². The van der Waals surface area contributed by atoms with Crippen LogP contribution in [0, 0.1) is 5.92 Å². The fraction of sp³-hybridized carbons (Fsp3) is 0.562. The maximum atomic E-state index is 11.9. The summed E-state index contributed by atoms with van der Waals surface area (Å²) in [5.41, 5.74) is 1.22. The lowest BCUT2D eigenvalue weighted by atomic mass is 9.99. The zero-order valence-electron chi connectivity index (χ0n) is 13.1. The van der Waals surface area contributed by atoms with E-state index in [-0.39, 0.29) is 36.6 Å². The summed E-state index contributed by atoms with van der Waals surface area (Å²) in [6, 6.07) is 10.3. The number of amides is 1. The lowest BCUT2D eigenvalue weighted by Gasteiger charge is -2.22. The van der Waals surface area contributed by atoms with Crippen LogP contribution in [-0.4, -0.2) is 39.1 Å². The molecule has 1 atom stereocenters. The van der Waals surface area contributed by atoms with E-state index < -0.39 is 0 Å². The first-order chi connectivity index (χ1) is 9.77. The molecule has 1 aromatic carbocycles. The van der Waals surface area contributed by atoms with Crippen LogP contribution in [0.2, 0.25) is 0 Å². The van der Waals surface area contributed by atoms with Gasteiger partial charge in [0.2, 0.25) is 5.91 Å². The van der Waals surface area contributed by atoms with E-state index in [1.165, 1.54) is 5.69 Å². The molecule has 1 aliphatic heterocycles. The minimum absolute atomic E-state index is 0. The number of halogens is 2. The van der Waals surface area contributed by atoms with Gasteiger partial charge in [-0.15, -0.1) is 24.8 Å². The Bertz CT molecular complexity index is 411. The number of piperidine rings is 1. The normalized spacial score (nSPS) is 16.9. The highest BCUT2D eigenvalue weighted by molar-refractivity contribution is 5.85. The van der Waals surface area contributed by atoms with Gasteiger partial charge in [-0.05, 0) is 37.9 Å². The van der Waals surface area contributed by atoms with Gasteiger partial charge in [0, 0.05) is 32.4 Å². The predicted molar refractivity (Wildman–Crippen MR) is 97.4 cm³/mol. The van der Waals surface area contributed by atoms with E-state index in [0.29, 0.717) is 0 Å². The van der Waals surface area contributed by atoms with Gasteiger partial charge in [-0.1, -0.05) is 18.2 Å². The number of carbonyl (C=O) groups is 1. The SMILES string of the molecule is CN(CCCNC(=O)C1CCCNC1)c1ccccc1.Cl.Cl. The summed E-state index contributed by atoms with van der Waals surface area (Å²) in [5, 5.41) is 6.33. The van der Waals surface area contributed by atoms with E-state index in [9.17, 15) is 4.79 Å². The molecule has 4 nitrogen and oxygen atoms in total. The fourth-order valence-corrected chi connectivity index (χ4v) is 2.56. The maximum Gasteiger partial charge on any atom is 0.224 e. The Balaban J connectivity index is 0.00000220. The molecule has 0 radical (unpaired) electrons. The minimum Gasteiger partial charge on any atom is -0.375 e. The summed E-state index contributed by atoms with van der Waals surface area (Å²) >= 11 is 0. The molecule has 1 amide bonds. The molecular formula is C16H27Cl2N3O. The van der Waals surface area contributed by atoms with E-state index in [1.807, 2.05) is 18.2 Å². The van der Waals surface area contributed by atoms with Crippen LogP contribution in [0.1, 0.15) is 19.3 Å². The Morgan fingerprint density at radius 3 is 2.68 bits per heavy atom. The van der Waals surface area contributed by atoms with E-state index >= 15 is 0 Å². The van der Waals surface area contributed by atoms with Crippen molar-refractivity contribution < 1.29 is 4.79 Å². The van der Waals surface area contributed by atoms with Crippen LogP contribution < -0.4 is 15.5 Å². The number of nitrogens with zero attached hydrogens (tertiary/aromatic N) is 1. The third-order valence-electron chi connectivity index (χ3n) is 3.83. The fourth-order valence-electron chi connectivity index (χ4n) is 2.56. The van der Waals surface area contributed by atoms with Crippen molar-refractivity contribution in [1.29, 1.82) is 0 Å². The molecule has 1 aromatic rings. The summed E-state index contributed by atoms with van der Waals surface area (Å²) in [4.78, 5) is 14.2. The quantitative estimate of drug-likeness (QED) is 0.777. The van der Waals surface area contributed by atoms with Crippen LogP contribution in [0.5, 0.6) is 0 Å². The smallest absolute Gasteiger partial charge is 0.224 e. The molecule has 1 heterocycles. The highest BCUT2D eigenvalue weighted by Gasteiger charge is 2.19. The number of carbonyl (C=O) groups excluding carboxylic acids is 1. The van der Waals surface area contributed by atoms with Crippen molar-refractivity contribution in [3.05, 3.63) is 30.3 Å². The number of benzene rings is 1. The molecule has 22 heavy (non-hydrogen) atoms. The summed E-state index contributed by atoms with van der Waals surface area (Å²) in [5.74, 6) is 0.371. The third kappa shape index (κ3) is 6.86. The molecular weight excluding hydrogens is 321 g/mol. The summed E-state index contributed by atoms with van der Waals surface area (Å²) in [7, 11) is 2.09. The number of hydrogen-bond acceptors (Lipinski definition) is 3. The molecule has 6 heteroatoms. The largest absolute Gasteiger partial charge is 0.375 e. The molecule has 2 rings (SSSR count). The lowest BCUT2D eigenvalue weighted by Crippen LogP contribution is -2.41. The number of hydrogen-bond donors (Lipinski definition) is 2. The molecule has 1 fully saturated rings. The molecule has 0 spiro atoms. The average molecular weight is 348 g/mol. The zero-order valence-corrected chi connectivity index (χ0v) is 14.7. The zero-order chi connectivity index (χ0) is 14.2. The van der Waals surface area contributed by atoms with Crippen LogP contribution in [0.25, 0.3) is 0 Å². The Labute approximate surface area is 145 Å². The van der Waals surface area contributed by atoms with Gasteiger partial charge in [-0.3, -0.25) is 4.79 Å². The second-order valence-corrected chi connectivity index (χ2v) is 5.44. The van der Waals surface area contributed by atoms with Crippen molar-refractivity contribution >= 4 is 36.4 Å². The Morgan fingerprint density at radius 1 is 1.32 bits per heavy atom. The Hall–Kier alpha value is -0.970. The van der Waals surface area contributed by atoms with Crippen LogP contribution in [0.15, 0.2) is 30.3 Å². The van der Waals surface area contributed by atoms with Gasteiger partial charge in [-0.25, -0.2) is 0 Å². The number of anilines is 1. The first kappa shape index (κ1) is 21.0. The van der Waals surface area contributed by atoms with Crippen molar-refractivity contribution in [2.24, 2.45) is 5.92 Å². The van der Waals surface area contributed by atoms with Crippen molar-refractivity contribution in [1.82, 2.24) is 10.6 Å². The van der Waals surface area contributed by atoms with Gasteiger partial charge in [0.15, 0.2) is 0 Å². The Morgan fingerprint density at radius 2 is 2.05 bits per heavy atom. The minimum atomic E-state index is 0. The van der Waals surface area contributed by atoms with Gasteiger partial charge in [0.05, 0.1) is 5.92 Å². The second kappa shape index (κ2) is 11.6. The third-order valence-corrected chi connectivity index (χ3v) is 3.83. The number of nitrogens with one attached hydrogen (secondary N) is 2. The molecule has 2 N–H and O–H groups in total. The van der Waals surface area contributed by atoms with Gasteiger partial charge < -0.3 is 15.5 Å². The summed E-state index contributed by atoms with van der Waals surface area (Å²) < 4.78 is 0.